The van der Waals surface area contributed by atoms with Gasteiger partial charge in [0.15, 0.2) is 11.5 Å². The standard InChI is InChI=1S/C18H29NO4/c1-12(2)8-7-9-13(3)19-18(20)14-10-15(21-4)17(23-6)16(11-14)22-5/h10-13H,7-9H2,1-6H3,(H,19,20)/t13-/m0/s1. The lowest BCUT2D eigenvalue weighted by atomic mass is 10.0. The van der Waals surface area contributed by atoms with E-state index >= 15 is 0 Å². The molecule has 0 saturated heterocycles. The van der Waals surface area contributed by atoms with Gasteiger partial charge < -0.3 is 19.5 Å². The maximum atomic E-state index is 12.4. The molecule has 0 bridgehead atoms. The van der Waals surface area contributed by atoms with Gasteiger partial charge in [-0.05, 0) is 31.4 Å². The number of hydrogen-bond donors (Lipinski definition) is 1. The fourth-order valence-electron chi connectivity index (χ4n) is 2.42. The molecule has 0 aliphatic heterocycles. The molecule has 0 aliphatic rings. The van der Waals surface area contributed by atoms with E-state index in [1.807, 2.05) is 6.92 Å². The van der Waals surface area contributed by atoms with Crippen LogP contribution in [0.15, 0.2) is 12.1 Å². The minimum absolute atomic E-state index is 0.125. The zero-order valence-corrected chi connectivity index (χ0v) is 15.1. The summed E-state index contributed by atoms with van der Waals surface area (Å²) >= 11 is 0. The summed E-state index contributed by atoms with van der Waals surface area (Å²) in [6.45, 7) is 6.44. The first kappa shape index (κ1) is 19.1. The van der Waals surface area contributed by atoms with Crippen LogP contribution in [-0.4, -0.2) is 33.3 Å². The summed E-state index contributed by atoms with van der Waals surface area (Å²) in [5.41, 5.74) is 0.496. The Morgan fingerprint density at radius 3 is 2.00 bits per heavy atom. The van der Waals surface area contributed by atoms with Crippen molar-refractivity contribution in [3.8, 4) is 17.2 Å². The molecular weight excluding hydrogens is 294 g/mol. The predicted molar refractivity (Wildman–Crippen MR) is 91.7 cm³/mol. The van der Waals surface area contributed by atoms with E-state index < -0.39 is 0 Å². The lowest BCUT2D eigenvalue weighted by Crippen LogP contribution is -2.32. The molecule has 1 amide bonds. The van der Waals surface area contributed by atoms with Crippen LogP contribution in [0.5, 0.6) is 17.2 Å². The van der Waals surface area contributed by atoms with Gasteiger partial charge >= 0.3 is 0 Å². The van der Waals surface area contributed by atoms with Gasteiger partial charge in [-0.25, -0.2) is 0 Å². The molecule has 0 saturated carbocycles. The molecule has 1 aromatic carbocycles. The molecule has 0 spiro atoms. The van der Waals surface area contributed by atoms with E-state index in [1.54, 1.807) is 12.1 Å². The molecule has 0 unspecified atom stereocenters. The Labute approximate surface area is 139 Å². The molecule has 0 aliphatic carbocycles. The Balaban J connectivity index is 2.79. The Morgan fingerprint density at radius 1 is 1.00 bits per heavy atom. The van der Waals surface area contributed by atoms with E-state index in [4.69, 9.17) is 14.2 Å². The van der Waals surface area contributed by atoms with E-state index in [0.717, 1.165) is 12.8 Å². The first-order valence-electron chi connectivity index (χ1n) is 8.03. The molecule has 130 valence electrons. The van der Waals surface area contributed by atoms with Gasteiger partial charge in [0.2, 0.25) is 5.75 Å². The monoisotopic (exact) mass is 323 g/mol. The molecule has 1 N–H and O–H groups in total. The highest BCUT2D eigenvalue weighted by atomic mass is 16.5. The van der Waals surface area contributed by atoms with Crippen LogP contribution in [0.1, 0.15) is 50.4 Å². The summed E-state index contributed by atoms with van der Waals surface area (Å²) in [5.74, 6) is 1.99. The summed E-state index contributed by atoms with van der Waals surface area (Å²) in [6, 6.07) is 3.45. The normalized spacial score (nSPS) is 12.0. The average molecular weight is 323 g/mol. The number of amides is 1. The second-order valence-corrected chi connectivity index (χ2v) is 6.11. The second kappa shape index (κ2) is 9.28. The Kier molecular flexibility index (Phi) is 7.72. The van der Waals surface area contributed by atoms with Crippen LogP contribution in [-0.2, 0) is 0 Å². The third-order valence-corrected chi connectivity index (χ3v) is 3.72. The summed E-state index contributed by atoms with van der Waals surface area (Å²) < 4.78 is 15.8. The van der Waals surface area contributed by atoms with Gasteiger partial charge in [0.25, 0.3) is 5.91 Å². The summed E-state index contributed by atoms with van der Waals surface area (Å²) in [6.07, 6.45) is 3.24. The van der Waals surface area contributed by atoms with Crippen LogP contribution in [0.2, 0.25) is 0 Å². The molecule has 1 aromatic rings. The maximum Gasteiger partial charge on any atom is 0.251 e. The Hall–Kier alpha value is -1.91. The van der Waals surface area contributed by atoms with Crippen molar-refractivity contribution in [2.75, 3.05) is 21.3 Å². The predicted octanol–water partition coefficient (Wildman–Crippen LogP) is 3.66. The molecule has 1 atom stereocenters. The first-order valence-corrected chi connectivity index (χ1v) is 8.03. The van der Waals surface area contributed by atoms with E-state index in [-0.39, 0.29) is 11.9 Å². The van der Waals surface area contributed by atoms with Crippen molar-refractivity contribution < 1.29 is 19.0 Å². The van der Waals surface area contributed by atoms with E-state index in [0.29, 0.717) is 28.7 Å². The molecule has 0 aromatic heterocycles. The minimum Gasteiger partial charge on any atom is -0.493 e. The lowest BCUT2D eigenvalue weighted by Gasteiger charge is -2.17. The summed E-state index contributed by atoms with van der Waals surface area (Å²) in [4.78, 5) is 12.4. The molecule has 1 rings (SSSR count). The number of ether oxygens (including phenoxy) is 3. The van der Waals surface area contributed by atoms with Crippen molar-refractivity contribution in [3.63, 3.8) is 0 Å². The van der Waals surface area contributed by atoms with Crippen molar-refractivity contribution >= 4 is 5.91 Å². The topological polar surface area (TPSA) is 56.8 Å². The van der Waals surface area contributed by atoms with Crippen molar-refractivity contribution in [2.45, 2.75) is 46.1 Å². The summed E-state index contributed by atoms with van der Waals surface area (Å²) in [7, 11) is 4.61. The van der Waals surface area contributed by atoms with E-state index in [2.05, 4.69) is 19.2 Å². The lowest BCUT2D eigenvalue weighted by molar-refractivity contribution is 0.0937. The fourth-order valence-corrected chi connectivity index (χ4v) is 2.42. The highest BCUT2D eigenvalue weighted by Gasteiger charge is 2.18. The third-order valence-electron chi connectivity index (χ3n) is 3.72. The minimum atomic E-state index is -0.138. The van der Waals surface area contributed by atoms with Gasteiger partial charge in [0.1, 0.15) is 0 Å². The quantitative estimate of drug-likeness (QED) is 0.753. The van der Waals surface area contributed by atoms with E-state index in [1.165, 1.54) is 27.8 Å². The fraction of sp³-hybridized carbons (Fsp3) is 0.611. The number of carbonyl (C=O) groups is 1. The first-order chi connectivity index (χ1) is 10.9. The van der Waals surface area contributed by atoms with Crippen LogP contribution < -0.4 is 19.5 Å². The number of carbonyl (C=O) groups excluding carboxylic acids is 1. The van der Waals surface area contributed by atoms with Crippen molar-refractivity contribution in [1.29, 1.82) is 0 Å². The Morgan fingerprint density at radius 2 is 1.57 bits per heavy atom. The number of nitrogens with one attached hydrogen (secondary N) is 1. The molecule has 5 heteroatoms. The van der Waals surface area contributed by atoms with Gasteiger partial charge in [-0.15, -0.1) is 0 Å². The van der Waals surface area contributed by atoms with Crippen molar-refractivity contribution in [2.24, 2.45) is 5.92 Å². The smallest absolute Gasteiger partial charge is 0.251 e. The van der Waals surface area contributed by atoms with Crippen LogP contribution in [0.3, 0.4) is 0 Å². The van der Waals surface area contributed by atoms with Gasteiger partial charge in [-0.2, -0.15) is 0 Å². The SMILES string of the molecule is COc1cc(C(=O)N[C@@H](C)CCCC(C)C)cc(OC)c1OC. The molecule has 23 heavy (non-hydrogen) atoms. The third kappa shape index (κ3) is 5.66. The molecule has 5 nitrogen and oxygen atoms in total. The number of hydrogen-bond acceptors (Lipinski definition) is 4. The highest BCUT2D eigenvalue weighted by Crippen LogP contribution is 2.38. The zero-order chi connectivity index (χ0) is 17.4. The molecule has 0 heterocycles. The van der Waals surface area contributed by atoms with E-state index in [9.17, 15) is 4.79 Å². The number of methoxy groups -OCH3 is 3. The number of rotatable bonds is 9. The van der Waals surface area contributed by atoms with Crippen molar-refractivity contribution in [1.82, 2.24) is 5.32 Å². The highest BCUT2D eigenvalue weighted by molar-refractivity contribution is 5.95. The van der Waals surface area contributed by atoms with Crippen LogP contribution >= 0.6 is 0 Å². The van der Waals surface area contributed by atoms with Crippen LogP contribution in [0.25, 0.3) is 0 Å². The molecule has 0 fully saturated rings. The van der Waals surface area contributed by atoms with Gasteiger partial charge in [-0.1, -0.05) is 26.7 Å². The Bertz CT molecular complexity index is 489. The van der Waals surface area contributed by atoms with Crippen LogP contribution in [0, 0.1) is 5.92 Å². The number of benzene rings is 1. The van der Waals surface area contributed by atoms with Crippen molar-refractivity contribution in [3.05, 3.63) is 17.7 Å². The largest absolute Gasteiger partial charge is 0.493 e. The molecule has 0 radical (unpaired) electrons. The average Bonchev–Trinajstić information content (AvgIpc) is 2.52. The van der Waals surface area contributed by atoms with Crippen LogP contribution in [0.4, 0.5) is 0 Å². The summed E-state index contributed by atoms with van der Waals surface area (Å²) in [5, 5.41) is 3.02. The second-order valence-electron chi connectivity index (χ2n) is 6.11. The van der Waals surface area contributed by atoms with Gasteiger partial charge in [0.05, 0.1) is 21.3 Å². The zero-order valence-electron chi connectivity index (χ0n) is 15.1. The van der Waals surface area contributed by atoms with Gasteiger partial charge in [0, 0.05) is 11.6 Å². The molecular formula is C18H29NO4. The maximum absolute atomic E-state index is 12.4. The van der Waals surface area contributed by atoms with Gasteiger partial charge in [-0.3, -0.25) is 4.79 Å².